The SMILES string of the molecule is CC#CCOc1cnc(C(=O)Nc2ccnc(CNc3cccnc3N)c2)cn1. The van der Waals surface area contributed by atoms with E-state index in [-0.39, 0.29) is 18.2 Å². The van der Waals surface area contributed by atoms with Gasteiger partial charge in [0.15, 0.2) is 6.61 Å². The number of hydrogen-bond donors (Lipinski definition) is 3. The van der Waals surface area contributed by atoms with Crippen molar-refractivity contribution in [3.8, 4) is 17.7 Å². The molecular formula is C20H19N7O2. The molecule has 0 atom stereocenters. The number of nitrogens with zero attached hydrogens (tertiary/aromatic N) is 4. The zero-order valence-electron chi connectivity index (χ0n) is 15.7. The number of carbonyl (C=O) groups is 1. The summed E-state index contributed by atoms with van der Waals surface area (Å²) < 4.78 is 5.28. The van der Waals surface area contributed by atoms with Crippen LogP contribution in [0.3, 0.4) is 0 Å². The third-order valence-electron chi connectivity index (χ3n) is 3.70. The van der Waals surface area contributed by atoms with Crippen LogP contribution in [0, 0.1) is 11.8 Å². The maximum absolute atomic E-state index is 12.4. The molecule has 0 aliphatic carbocycles. The minimum atomic E-state index is -0.390. The van der Waals surface area contributed by atoms with Gasteiger partial charge >= 0.3 is 0 Å². The smallest absolute Gasteiger partial charge is 0.275 e. The zero-order chi connectivity index (χ0) is 20.5. The standard InChI is InChI=1S/C20H19N7O2/c1-2-3-9-29-18-13-25-17(12-26-18)20(28)27-14-6-8-22-15(10-14)11-24-16-5-4-7-23-19(16)21/h4-8,10,12-13,24H,9,11H2,1H3,(H2,21,23)(H,22,27,28). The van der Waals surface area contributed by atoms with Crippen LogP contribution in [-0.4, -0.2) is 32.4 Å². The average molecular weight is 389 g/mol. The Morgan fingerprint density at radius 1 is 1.17 bits per heavy atom. The Labute approximate surface area is 167 Å². The number of nitrogens with two attached hydrogens (primary N) is 1. The summed E-state index contributed by atoms with van der Waals surface area (Å²) >= 11 is 0. The molecule has 9 nitrogen and oxygen atoms in total. The molecule has 0 bridgehead atoms. The van der Waals surface area contributed by atoms with Gasteiger partial charge in [0.05, 0.1) is 30.3 Å². The summed E-state index contributed by atoms with van der Waals surface area (Å²) in [5.74, 6) is 5.79. The Bertz CT molecular complexity index is 1040. The van der Waals surface area contributed by atoms with E-state index in [0.29, 0.717) is 29.6 Å². The van der Waals surface area contributed by atoms with Crippen LogP contribution in [0.2, 0.25) is 0 Å². The second-order valence-corrected chi connectivity index (χ2v) is 5.74. The summed E-state index contributed by atoms with van der Waals surface area (Å²) in [6.45, 7) is 2.36. The minimum Gasteiger partial charge on any atom is -0.463 e. The monoisotopic (exact) mass is 389 g/mol. The van der Waals surface area contributed by atoms with Gasteiger partial charge in [-0.1, -0.05) is 5.92 Å². The highest BCUT2D eigenvalue weighted by Gasteiger charge is 2.10. The van der Waals surface area contributed by atoms with Gasteiger partial charge in [-0.05, 0) is 31.2 Å². The largest absolute Gasteiger partial charge is 0.463 e. The van der Waals surface area contributed by atoms with E-state index in [1.807, 2.05) is 6.07 Å². The van der Waals surface area contributed by atoms with Crippen molar-refractivity contribution in [3.63, 3.8) is 0 Å². The normalized spacial score (nSPS) is 9.83. The molecule has 3 aromatic heterocycles. The lowest BCUT2D eigenvalue weighted by atomic mass is 10.3. The fourth-order valence-corrected chi connectivity index (χ4v) is 2.29. The number of pyridine rings is 2. The summed E-state index contributed by atoms with van der Waals surface area (Å²) in [5, 5.41) is 5.93. The molecule has 3 heterocycles. The summed E-state index contributed by atoms with van der Waals surface area (Å²) in [7, 11) is 0. The van der Waals surface area contributed by atoms with Gasteiger partial charge in [-0.25, -0.2) is 15.0 Å². The molecule has 9 heteroatoms. The van der Waals surface area contributed by atoms with E-state index in [4.69, 9.17) is 10.5 Å². The van der Waals surface area contributed by atoms with Crippen molar-refractivity contribution in [3.05, 3.63) is 60.4 Å². The van der Waals surface area contributed by atoms with Crippen LogP contribution < -0.4 is 21.1 Å². The van der Waals surface area contributed by atoms with Gasteiger partial charge in [-0.2, -0.15) is 0 Å². The lowest BCUT2D eigenvalue weighted by Crippen LogP contribution is -2.15. The molecular weight excluding hydrogens is 370 g/mol. The highest BCUT2D eigenvalue weighted by Crippen LogP contribution is 2.16. The van der Waals surface area contributed by atoms with Crippen molar-refractivity contribution in [2.75, 3.05) is 23.0 Å². The van der Waals surface area contributed by atoms with Crippen LogP contribution in [0.1, 0.15) is 23.1 Å². The lowest BCUT2D eigenvalue weighted by molar-refractivity contribution is 0.102. The molecule has 0 radical (unpaired) electrons. The molecule has 3 rings (SSSR count). The number of hydrogen-bond acceptors (Lipinski definition) is 8. The summed E-state index contributed by atoms with van der Waals surface area (Å²) in [6, 6.07) is 7.06. The van der Waals surface area contributed by atoms with Gasteiger partial charge in [-0.15, -0.1) is 5.92 Å². The molecule has 0 aliphatic rings. The molecule has 0 aromatic carbocycles. The Morgan fingerprint density at radius 3 is 2.83 bits per heavy atom. The van der Waals surface area contributed by atoms with Crippen molar-refractivity contribution in [2.24, 2.45) is 0 Å². The van der Waals surface area contributed by atoms with E-state index in [9.17, 15) is 4.79 Å². The van der Waals surface area contributed by atoms with E-state index in [1.165, 1.54) is 12.4 Å². The number of amides is 1. The summed E-state index contributed by atoms with van der Waals surface area (Å²) in [4.78, 5) is 28.8. The van der Waals surface area contributed by atoms with Crippen LogP contribution in [0.15, 0.2) is 49.1 Å². The number of anilines is 3. The van der Waals surface area contributed by atoms with Crippen LogP contribution in [-0.2, 0) is 6.54 Å². The minimum absolute atomic E-state index is 0.165. The Hall–Kier alpha value is -4.19. The summed E-state index contributed by atoms with van der Waals surface area (Å²) in [6.07, 6.45) is 5.96. The van der Waals surface area contributed by atoms with Crippen molar-refractivity contribution in [2.45, 2.75) is 13.5 Å². The summed E-state index contributed by atoms with van der Waals surface area (Å²) in [5.41, 5.74) is 7.99. The maximum Gasteiger partial charge on any atom is 0.275 e. The van der Waals surface area contributed by atoms with Crippen molar-refractivity contribution in [1.82, 2.24) is 19.9 Å². The topological polar surface area (TPSA) is 128 Å². The fraction of sp³-hybridized carbons (Fsp3) is 0.150. The molecule has 0 fully saturated rings. The van der Waals surface area contributed by atoms with E-state index in [1.54, 1.807) is 37.5 Å². The van der Waals surface area contributed by atoms with E-state index >= 15 is 0 Å². The molecule has 3 aromatic rings. The van der Waals surface area contributed by atoms with Gasteiger partial charge < -0.3 is 21.1 Å². The third-order valence-corrected chi connectivity index (χ3v) is 3.70. The molecule has 0 saturated heterocycles. The highest BCUT2D eigenvalue weighted by molar-refractivity contribution is 6.02. The third kappa shape index (κ3) is 5.64. The molecule has 1 amide bonds. The van der Waals surface area contributed by atoms with Gasteiger partial charge in [-0.3, -0.25) is 9.78 Å². The number of aromatic nitrogens is 4. The predicted octanol–water partition coefficient (Wildman–Crippen LogP) is 2.12. The molecule has 0 saturated carbocycles. The predicted molar refractivity (Wildman–Crippen MR) is 109 cm³/mol. The maximum atomic E-state index is 12.4. The molecule has 4 N–H and O–H groups in total. The number of ether oxygens (including phenoxy) is 1. The van der Waals surface area contributed by atoms with Gasteiger partial charge in [0.2, 0.25) is 5.88 Å². The van der Waals surface area contributed by atoms with Gasteiger partial charge in [0.25, 0.3) is 5.91 Å². The van der Waals surface area contributed by atoms with Crippen LogP contribution in [0.25, 0.3) is 0 Å². The van der Waals surface area contributed by atoms with Crippen LogP contribution >= 0.6 is 0 Å². The van der Waals surface area contributed by atoms with Crippen molar-refractivity contribution < 1.29 is 9.53 Å². The van der Waals surface area contributed by atoms with E-state index < -0.39 is 0 Å². The number of nitrogens with one attached hydrogen (secondary N) is 2. The average Bonchev–Trinajstić information content (AvgIpc) is 2.74. The Morgan fingerprint density at radius 2 is 2.07 bits per heavy atom. The first-order valence-corrected chi connectivity index (χ1v) is 8.71. The number of carbonyl (C=O) groups excluding carboxylic acids is 1. The zero-order valence-corrected chi connectivity index (χ0v) is 15.7. The van der Waals surface area contributed by atoms with Crippen LogP contribution in [0.5, 0.6) is 5.88 Å². The van der Waals surface area contributed by atoms with Crippen molar-refractivity contribution in [1.29, 1.82) is 0 Å². The van der Waals surface area contributed by atoms with Crippen LogP contribution in [0.4, 0.5) is 17.2 Å². The van der Waals surface area contributed by atoms with E-state index in [0.717, 1.165) is 5.69 Å². The molecule has 0 unspecified atom stereocenters. The second-order valence-electron chi connectivity index (χ2n) is 5.74. The fourth-order valence-electron chi connectivity index (χ4n) is 2.29. The Balaban J connectivity index is 1.59. The number of nitrogen functional groups attached to an aromatic ring is 1. The van der Waals surface area contributed by atoms with Gasteiger partial charge in [0.1, 0.15) is 11.5 Å². The number of rotatable bonds is 7. The van der Waals surface area contributed by atoms with E-state index in [2.05, 4.69) is 42.4 Å². The molecule has 0 aliphatic heterocycles. The molecule has 0 spiro atoms. The first-order chi connectivity index (χ1) is 14.2. The first-order valence-electron chi connectivity index (χ1n) is 8.71. The second kappa shape index (κ2) is 9.66. The quantitative estimate of drug-likeness (QED) is 0.524. The first kappa shape index (κ1) is 19.6. The van der Waals surface area contributed by atoms with Gasteiger partial charge in [0, 0.05) is 18.1 Å². The Kier molecular flexibility index (Phi) is 6.52. The lowest BCUT2D eigenvalue weighted by Gasteiger charge is -2.09. The highest BCUT2D eigenvalue weighted by atomic mass is 16.5. The molecule has 146 valence electrons. The molecule has 29 heavy (non-hydrogen) atoms. The van der Waals surface area contributed by atoms with Crippen molar-refractivity contribution >= 4 is 23.1 Å².